The molecule has 7 heteroatoms. The molecule has 0 radical (unpaired) electrons. The molecule has 64 valence electrons. The van der Waals surface area contributed by atoms with Crippen LogP contribution in [0.1, 0.15) is 0 Å². The van der Waals surface area contributed by atoms with Crippen LogP contribution in [0.2, 0.25) is 0 Å². The zero-order valence-corrected chi connectivity index (χ0v) is 7.56. The average Bonchev–Trinajstić information content (AvgIpc) is 2.23. The molecule has 0 aromatic heterocycles. The van der Waals surface area contributed by atoms with E-state index in [1.165, 1.54) is 0 Å². The summed E-state index contributed by atoms with van der Waals surface area (Å²) in [5.41, 5.74) is -0.223. The van der Waals surface area contributed by atoms with E-state index in [2.05, 4.69) is 15.3 Å². The van der Waals surface area contributed by atoms with Crippen LogP contribution in [-0.4, -0.2) is 10.6 Å². The Hall–Kier alpha value is -1.56. The van der Waals surface area contributed by atoms with Gasteiger partial charge in [0, 0.05) is 0 Å². The maximum absolute atomic E-state index is 8.57. The lowest BCUT2D eigenvalue weighted by atomic mass is 10.4. The molecule has 1 N–H and O–H groups in total. The summed E-state index contributed by atoms with van der Waals surface area (Å²) in [4.78, 5) is 7.06. The normalized spacial score (nSPS) is 16.0. The minimum absolute atomic E-state index is 0.0769. The lowest BCUT2D eigenvalue weighted by molar-refractivity contribution is 1.16. The van der Waals surface area contributed by atoms with Crippen molar-refractivity contribution in [2.75, 3.05) is 0 Å². The first kappa shape index (κ1) is 9.53. The zero-order valence-electron chi connectivity index (χ0n) is 6.04. The molecule has 0 saturated heterocycles. The lowest BCUT2D eigenvalue weighted by Gasteiger charge is -1.96. The minimum atomic E-state index is -0.195. The van der Waals surface area contributed by atoms with E-state index in [9.17, 15) is 0 Å². The first-order valence-corrected chi connectivity index (χ1v) is 3.73. The maximum atomic E-state index is 8.57. The van der Waals surface area contributed by atoms with Crippen molar-refractivity contribution in [1.29, 1.82) is 10.5 Å². The van der Waals surface area contributed by atoms with Gasteiger partial charge in [0.25, 0.3) is 0 Å². The van der Waals surface area contributed by atoms with Gasteiger partial charge in [0.1, 0.15) is 12.1 Å². The molecule has 0 aromatic rings. The van der Waals surface area contributed by atoms with Crippen LogP contribution in [0, 0.1) is 22.7 Å². The number of allylic oxidation sites excluding steroid dienone is 2. The van der Waals surface area contributed by atoms with Crippen molar-refractivity contribution >= 4 is 33.8 Å². The summed E-state index contributed by atoms with van der Waals surface area (Å²) in [6.45, 7) is 0. The van der Waals surface area contributed by atoms with E-state index in [4.69, 9.17) is 33.7 Å². The van der Waals surface area contributed by atoms with E-state index in [0.717, 1.165) is 0 Å². The fraction of sp³-hybridized carbons (Fsp3) is 0. The molecule has 0 aliphatic carbocycles. The van der Waals surface area contributed by atoms with E-state index < -0.39 is 0 Å². The van der Waals surface area contributed by atoms with E-state index in [0.29, 0.717) is 0 Å². The molecule has 0 saturated carbocycles. The topological polar surface area (TPSA) is 84.3 Å². The van der Waals surface area contributed by atoms with Gasteiger partial charge < -0.3 is 5.32 Å². The molecule has 0 bridgehead atoms. The first-order chi connectivity index (χ1) is 6.17. The van der Waals surface area contributed by atoms with E-state index in [-0.39, 0.29) is 22.0 Å². The van der Waals surface area contributed by atoms with Crippen molar-refractivity contribution in [1.82, 2.24) is 5.32 Å². The van der Waals surface area contributed by atoms with E-state index in [1.807, 2.05) is 0 Å². The minimum Gasteiger partial charge on any atom is -0.319 e. The van der Waals surface area contributed by atoms with Gasteiger partial charge in [0.2, 0.25) is 10.6 Å². The summed E-state index contributed by atoms with van der Waals surface area (Å²) in [5.74, 6) is 0. The molecule has 0 amide bonds. The standard InChI is InChI=1S/C6HCl2N5/c7-5-11-3(1-9)4(2-10)12-6(8)13-5/h(H,11,12,13). The second-order valence-corrected chi connectivity index (χ2v) is 2.55. The van der Waals surface area contributed by atoms with Crippen LogP contribution in [0.5, 0.6) is 0 Å². The van der Waals surface area contributed by atoms with Gasteiger partial charge in [-0.3, -0.25) is 0 Å². The highest BCUT2D eigenvalue weighted by Gasteiger charge is 2.12. The highest BCUT2D eigenvalue weighted by Crippen LogP contribution is 2.09. The molecule has 0 atom stereocenters. The molecule has 1 heterocycles. The van der Waals surface area contributed by atoms with Gasteiger partial charge in [-0.15, -0.1) is 0 Å². The molecule has 0 spiro atoms. The van der Waals surface area contributed by atoms with Crippen molar-refractivity contribution in [2.45, 2.75) is 0 Å². The fourth-order valence-corrected chi connectivity index (χ4v) is 0.993. The molecule has 13 heavy (non-hydrogen) atoms. The lowest BCUT2D eigenvalue weighted by Crippen LogP contribution is -2.17. The average molecular weight is 214 g/mol. The highest BCUT2D eigenvalue weighted by molar-refractivity contribution is 6.71. The largest absolute Gasteiger partial charge is 0.319 e. The number of amidine groups is 2. The molecule has 0 fully saturated rings. The number of aliphatic imine (C=N–C) groups is 2. The third kappa shape index (κ3) is 2.19. The number of hydrogen-bond acceptors (Lipinski definition) is 5. The Morgan fingerprint density at radius 2 is 1.85 bits per heavy atom. The summed E-state index contributed by atoms with van der Waals surface area (Å²) in [5, 5.41) is 19.2. The smallest absolute Gasteiger partial charge is 0.226 e. The second-order valence-electron chi connectivity index (χ2n) is 1.86. The summed E-state index contributed by atoms with van der Waals surface area (Å²) in [7, 11) is 0. The molecule has 0 unspecified atom stereocenters. The van der Waals surface area contributed by atoms with Crippen LogP contribution >= 0.6 is 23.2 Å². The maximum Gasteiger partial charge on any atom is 0.226 e. The second kappa shape index (κ2) is 3.90. The number of hydrogen-bond donors (Lipinski definition) is 1. The van der Waals surface area contributed by atoms with Crippen LogP contribution in [0.4, 0.5) is 0 Å². The van der Waals surface area contributed by atoms with Gasteiger partial charge in [-0.25, -0.2) is 4.99 Å². The van der Waals surface area contributed by atoms with Gasteiger partial charge in [-0.1, -0.05) is 0 Å². The van der Waals surface area contributed by atoms with Gasteiger partial charge in [0.15, 0.2) is 11.4 Å². The summed E-state index contributed by atoms with van der Waals surface area (Å²) < 4.78 is 0. The fourth-order valence-electron chi connectivity index (χ4n) is 0.606. The van der Waals surface area contributed by atoms with Gasteiger partial charge in [0.05, 0.1) is 0 Å². The van der Waals surface area contributed by atoms with E-state index in [1.54, 1.807) is 12.1 Å². The van der Waals surface area contributed by atoms with Crippen LogP contribution in [0.25, 0.3) is 0 Å². The van der Waals surface area contributed by atoms with E-state index >= 15 is 0 Å². The monoisotopic (exact) mass is 213 g/mol. The van der Waals surface area contributed by atoms with Crippen LogP contribution in [-0.2, 0) is 0 Å². The molecular weight excluding hydrogens is 213 g/mol. The van der Waals surface area contributed by atoms with Gasteiger partial charge >= 0.3 is 0 Å². The molecule has 5 nitrogen and oxygen atoms in total. The molecular formula is C6HCl2N5. The number of halogens is 2. The summed E-state index contributed by atoms with van der Waals surface area (Å²) in [6.07, 6.45) is 0. The van der Waals surface area contributed by atoms with Crippen molar-refractivity contribution in [3.8, 4) is 12.1 Å². The van der Waals surface area contributed by atoms with Crippen molar-refractivity contribution in [3.05, 3.63) is 11.4 Å². The molecule has 0 aromatic carbocycles. The quantitative estimate of drug-likeness (QED) is 0.611. The number of nitrogens with one attached hydrogen (secondary N) is 1. The Labute approximate surface area is 83.6 Å². The highest BCUT2D eigenvalue weighted by atomic mass is 35.5. The Kier molecular flexibility index (Phi) is 2.86. The molecule has 1 aliphatic rings. The molecule has 1 rings (SSSR count). The summed E-state index contributed by atoms with van der Waals surface area (Å²) >= 11 is 10.9. The molecule has 1 aliphatic heterocycles. The predicted octanol–water partition coefficient (Wildman–Crippen LogP) is 1.04. The third-order valence-corrected chi connectivity index (χ3v) is 1.43. The Morgan fingerprint density at radius 3 is 2.38 bits per heavy atom. The third-order valence-electron chi connectivity index (χ3n) is 1.08. The first-order valence-electron chi connectivity index (χ1n) is 2.97. The number of nitrogens with zero attached hydrogens (tertiary/aromatic N) is 4. The van der Waals surface area contributed by atoms with Crippen LogP contribution in [0.3, 0.4) is 0 Å². The zero-order chi connectivity index (χ0) is 9.84. The van der Waals surface area contributed by atoms with Crippen molar-refractivity contribution < 1.29 is 0 Å². The van der Waals surface area contributed by atoms with Gasteiger partial charge in [-0.05, 0) is 23.2 Å². The SMILES string of the molecule is N#CC1=C(C#N)NC(Cl)=NC(Cl)=N1. The van der Waals surface area contributed by atoms with Crippen molar-refractivity contribution in [2.24, 2.45) is 9.98 Å². The van der Waals surface area contributed by atoms with Crippen LogP contribution < -0.4 is 5.32 Å². The predicted molar refractivity (Wildman–Crippen MR) is 48.0 cm³/mol. The van der Waals surface area contributed by atoms with Gasteiger partial charge in [-0.2, -0.15) is 15.5 Å². The Bertz CT molecular complexity index is 406. The number of rotatable bonds is 0. The Balaban J connectivity index is 3.25. The Morgan fingerprint density at radius 1 is 1.15 bits per heavy atom. The number of nitriles is 2. The summed E-state index contributed by atoms with van der Waals surface area (Å²) in [6, 6.07) is 3.40. The van der Waals surface area contributed by atoms with Crippen LogP contribution in [0.15, 0.2) is 21.4 Å². The van der Waals surface area contributed by atoms with Crippen molar-refractivity contribution in [3.63, 3.8) is 0 Å².